The van der Waals surface area contributed by atoms with Crippen LogP contribution >= 0.6 is 0 Å². The van der Waals surface area contributed by atoms with Crippen LogP contribution in [0.25, 0.3) is 0 Å². The fourth-order valence-electron chi connectivity index (χ4n) is 2.64. The molecule has 0 saturated carbocycles. The van der Waals surface area contributed by atoms with Gasteiger partial charge in [0.05, 0.1) is 6.61 Å². The third kappa shape index (κ3) is 3.49. The Labute approximate surface area is 111 Å². The van der Waals surface area contributed by atoms with E-state index >= 15 is 0 Å². The van der Waals surface area contributed by atoms with E-state index in [1.54, 1.807) is 0 Å². The minimum absolute atomic E-state index is 0.464. The Morgan fingerprint density at radius 2 is 2.17 bits per heavy atom. The SMILES string of the molecule is CCCCCC(C)NC1CCOc2ccccc21. The summed E-state index contributed by atoms with van der Waals surface area (Å²) < 4.78 is 5.69. The third-order valence-electron chi connectivity index (χ3n) is 3.68. The lowest BCUT2D eigenvalue weighted by molar-refractivity contribution is 0.243. The molecule has 0 amide bonds. The standard InChI is InChI=1S/C16H25NO/c1-3-4-5-8-13(2)17-15-11-12-18-16-10-7-6-9-14(15)16/h6-7,9-10,13,15,17H,3-5,8,11-12H2,1-2H3. The van der Waals surface area contributed by atoms with Crippen LogP contribution in [0.1, 0.15) is 57.6 Å². The first-order valence-electron chi connectivity index (χ1n) is 7.29. The van der Waals surface area contributed by atoms with E-state index in [0.717, 1.165) is 18.8 Å². The third-order valence-corrected chi connectivity index (χ3v) is 3.68. The van der Waals surface area contributed by atoms with Crippen LogP contribution in [0.4, 0.5) is 0 Å². The minimum atomic E-state index is 0.464. The van der Waals surface area contributed by atoms with Crippen molar-refractivity contribution in [3.05, 3.63) is 29.8 Å². The Balaban J connectivity index is 1.90. The van der Waals surface area contributed by atoms with Crippen molar-refractivity contribution in [3.63, 3.8) is 0 Å². The van der Waals surface area contributed by atoms with E-state index in [4.69, 9.17) is 4.74 Å². The van der Waals surface area contributed by atoms with Crippen molar-refractivity contribution in [1.82, 2.24) is 5.32 Å². The van der Waals surface area contributed by atoms with Crippen molar-refractivity contribution in [2.45, 2.75) is 58.0 Å². The van der Waals surface area contributed by atoms with Gasteiger partial charge in [-0.2, -0.15) is 0 Å². The summed E-state index contributed by atoms with van der Waals surface area (Å²) in [4.78, 5) is 0. The number of para-hydroxylation sites is 1. The summed E-state index contributed by atoms with van der Waals surface area (Å²) in [7, 11) is 0. The number of fused-ring (bicyclic) bond motifs is 1. The molecule has 2 atom stereocenters. The fraction of sp³-hybridized carbons (Fsp3) is 0.625. The zero-order chi connectivity index (χ0) is 12.8. The first-order valence-corrected chi connectivity index (χ1v) is 7.29. The number of hydrogen-bond donors (Lipinski definition) is 1. The maximum atomic E-state index is 5.69. The molecule has 0 saturated heterocycles. The second kappa shape index (κ2) is 6.79. The smallest absolute Gasteiger partial charge is 0.124 e. The van der Waals surface area contributed by atoms with Crippen molar-refractivity contribution in [3.8, 4) is 5.75 Å². The molecule has 0 bridgehead atoms. The fourth-order valence-corrected chi connectivity index (χ4v) is 2.64. The quantitative estimate of drug-likeness (QED) is 0.765. The second-order valence-electron chi connectivity index (χ2n) is 5.29. The average Bonchev–Trinajstić information content (AvgIpc) is 2.39. The molecule has 2 rings (SSSR count). The summed E-state index contributed by atoms with van der Waals surface area (Å²) in [6.07, 6.45) is 6.32. The highest BCUT2D eigenvalue weighted by Gasteiger charge is 2.21. The number of rotatable bonds is 6. The van der Waals surface area contributed by atoms with Crippen LogP contribution in [-0.4, -0.2) is 12.6 Å². The Morgan fingerprint density at radius 1 is 1.33 bits per heavy atom. The van der Waals surface area contributed by atoms with Crippen LogP contribution in [0.2, 0.25) is 0 Å². The molecule has 1 aromatic rings. The lowest BCUT2D eigenvalue weighted by Crippen LogP contribution is -2.33. The van der Waals surface area contributed by atoms with Crippen molar-refractivity contribution in [2.75, 3.05) is 6.61 Å². The van der Waals surface area contributed by atoms with E-state index in [1.165, 1.54) is 31.2 Å². The van der Waals surface area contributed by atoms with Crippen molar-refractivity contribution in [1.29, 1.82) is 0 Å². The Bertz CT molecular complexity index is 364. The van der Waals surface area contributed by atoms with Gasteiger partial charge in [0.2, 0.25) is 0 Å². The summed E-state index contributed by atoms with van der Waals surface area (Å²) in [6, 6.07) is 9.46. The van der Waals surface area contributed by atoms with Gasteiger partial charge in [-0.05, 0) is 19.4 Å². The van der Waals surface area contributed by atoms with Crippen LogP contribution in [0, 0.1) is 0 Å². The summed E-state index contributed by atoms with van der Waals surface area (Å²) >= 11 is 0. The monoisotopic (exact) mass is 247 g/mol. The zero-order valence-electron chi connectivity index (χ0n) is 11.6. The molecule has 2 unspecified atom stereocenters. The Hall–Kier alpha value is -1.02. The molecule has 18 heavy (non-hydrogen) atoms. The molecule has 1 N–H and O–H groups in total. The molecule has 1 aliphatic rings. The maximum absolute atomic E-state index is 5.69. The van der Waals surface area contributed by atoms with Crippen LogP contribution in [0.3, 0.4) is 0 Å². The van der Waals surface area contributed by atoms with Crippen molar-refractivity contribution < 1.29 is 4.74 Å². The van der Waals surface area contributed by atoms with Gasteiger partial charge in [-0.25, -0.2) is 0 Å². The largest absolute Gasteiger partial charge is 0.493 e. The van der Waals surface area contributed by atoms with E-state index < -0.39 is 0 Å². The van der Waals surface area contributed by atoms with Crippen LogP contribution in [0.15, 0.2) is 24.3 Å². The first kappa shape index (κ1) is 13.4. The Kier molecular flexibility index (Phi) is 5.06. The highest BCUT2D eigenvalue weighted by atomic mass is 16.5. The molecule has 0 radical (unpaired) electrons. The molecular weight excluding hydrogens is 222 g/mol. The molecule has 0 fully saturated rings. The van der Waals surface area contributed by atoms with E-state index in [-0.39, 0.29) is 0 Å². The molecule has 1 aliphatic heterocycles. The van der Waals surface area contributed by atoms with Crippen molar-refractivity contribution >= 4 is 0 Å². The maximum Gasteiger partial charge on any atom is 0.124 e. The Morgan fingerprint density at radius 3 is 3.00 bits per heavy atom. The second-order valence-corrected chi connectivity index (χ2v) is 5.29. The van der Waals surface area contributed by atoms with Gasteiger partial charge in [0.15, 0.2) is 0 Å². The van der Waals surface area contributed by atoms with Crippen molar-refractivity contribution in [2.24, 2.45) is 0 Å². The summed E-state index contributed by atoms with van der Waals surface area (Å²) in [6.45, 7) is 5.39. The summed E-state index contributed by atoms with van der Waals surface area (Å²) in [5, 5.41) is 3.75. The number of benzene rings is 1. The summed E-state index contributed by atoms with van der Waals surface area (Å²) in [5.74, 6) is 1.06. The lowest BCUT2D eigenvalue weighted by atomic mass is 9.99. The molecule has 1 heterocycles. The summed E-state index contributed by atoms with van der Waals surface area (Å²) in [5.41, 5.74) is 1.33. The van der Waals surface area contributed by atoms with Gasteiger partial charge in [0.25, 0.3) is 0 Å². The topological polar surface area (TPSA) is 21.3 Å². The van der Waals surface area contributed by atoms with Gasteiger partial charge in [-0.3, -0.25) is 0 Å². The van der Waals surface area contributed by atoms with E-state index in [9.17, 15) is 0 Å². The molecule has 0 spiro atoms. The molecule has 100 valence electrons. The predicted molar refractivity (Wildman–Crippen MR) is 76.0 cm³/mol. The predicted octanol–water partition coefficient (Wildman–Crippen LogP) is 4.07. The van der Waals surface area contributed by atoms with Gasteiger partial charge < -0.3 is 10.1 Å². The molecule has 1 aromatic carbocycles. The van der Waals surface area contributed by atoms with Crippen LogP contribution < -0.4 is 10.1 Å². The van der Waals surface area contributed by atoms with Crippen LogP contribution in [-0.2, 0) is 0 Å². The number of hydrogen-bond acceptors (Lipinski definition) is 2. The lowest BCUT2D eigenvalue weighted by Gasteiger charge is -2.29. The van der Waals surface area contributed by atoms with Gasteiger partial charge in [-0.1, -0.05) is 44.4 Å². The molecular formula is C16H25NO. The van der Waals surface area contributed by atoms with Crippen LogP contribution in [0.5, 0.6) is 5.75 Å². The molecule has 0 aliphatic carbocycles. The highest BCUT2D eigenvalue weighted by Crippen LogP contribution is 2.31. The van der Waals surface area contributed by atoms with Gasteiger partial charge in [-0.15, -0.1) is 0 Å². The van der Waals surface area contributed by atoms with E-state index in [2.05, 4.69) is 37.4 Å². The number of ether oxygens (including phenoxy) is 1. The minimum Gasteiger partial charge on any atom is -0.493 e. The zero-order valence-corrected chi connectivity index (χ0v) is 11.6. The number of unbranched alkanes of at least 4 members (excludes halogenated alkanes) is 2. The molecule has 2 heteroatoms. The van der Waals surface area contributed by atoms with Gasteiger partial charge >= 0.3 is 0 Å². The average molecular weight is 247 g/mol. The van der Waals surface area contributed by atoms with Gasteiger partial charge in [0.1, 0.15) is 5.75 Å². The van der Waals surface area contributed by atoms with Gasteiger partial charge in [0, 0.05) is 24.1 Å². The number of nitrogens with one attached hydrogen (secondary N) is 1. The first-order chi connectivity index (χ1) is 8.81. The highest BCUT2D eigenvalue weighted by molar-refractivity contribution is 5.37. The normalized spacial score (nSPS) is 20.0. The molecule has 0 aromatic heterocycles. The van der Waals surface area contributed by atoms with E-state index in [1.807, 2.05) is 6.07 Å². The molecule has 2 nitrogen and oxygen atoms in total. The van der Waals surface area contributed by atoms with E-state index in [0.29, 0.717) is 12.1 Å².